The molecule has 3 rings (SSSR count). The average Bonchev–Trinajstić information content (AvgIpc) is 2.92. The number of nitrogens with one attached hydrogen (secondary N) is 1. The summed E-state index contributed by atoms with van der Waals surface area (Å²) in [5.41, 5.74) is 0. The number of nitrogens with zero attached hydrogens (tertiary/aromatic N) is 3. The van der Waals surface area contributed by atoms with Crippen LogP contribution >= 0.6 is 11.3 Å². The lowest BCUT2D eigenvalue weighted by molar-refractivity contribution is -0.159. The Morgan fingerprint density at radius 2 is 2.10 bits per heavy atom. The maximum absolute atomic E-state index is 11.7. The summed E-state index contributed by atoms with van der Waals surface area (Å²) in [4.78, 5) is 34.3. The van der Waals surface area contributed by atoms with E-state index in [1.54, 1.807) is 0 Å². The van der Waals surface area contributed by atoms with E-state index in [9.17, 15) is 9.59 Å². The predicted molar refractivity (Wildman–Crippen MR) is 78.0 cm³/mol. The first-order valence-corrected chi connectivity index (χ1v) is 7.46. The van der Waals surface area contributed by atoms with Crippen LogP contribution in [0.5, 0.6) is 0 Å². The van der Waals surface area contributed by atoms with Gasteiger partial charge in [-0.05, 0) is 18.4 Å². The second-order valence-corrected chi connectivity index (χ2v) is 5.42. The molecular formula is C13H14N4O3S. The van der Waals surface area contributed by atoms with Gasteiger partial charge in [-0.3, -0.25) is 14.5 Å². The molecule has 0 spiro atoms. The van der Waals surface area contributed by atoms with Gasteiger partial charge in [0.05, 0.1) is 11.9 Å². The Balaban J connectivity index is 1.92. The first-order chi connectivity index (χ1) is 10.2. The number of hydrogen-bond acceptors (Lipinski definition) is 7. The number of rotatable bonds is 4. The van der Waals surface area contributed by atoms with Crippen molar-refractivity contribution in [2.24, 2.45) is 0 Å². The van der Waals surface area contributed by atoms with Gasteiger partial charge < -0.3 is 10.1 Å². The van der Waals surface area contributed by atoms with E-state index in [0.717, 1.165) is 27.5 Å². The van der Waals surface area contributed by atoms with Gasteiger partial charge in [-0.2, -0.15) is 0 Å². The highest BCUT2D eigenvalue weighted by atomic mass is 32.1. The summed E-state index contributed by atoms with van der Waals surface area (Å²) >= 11 is 1.50. The predicted octanol–water partition coefficient (Wildman–Crippen LogP) is 1.01. The number of ether oxygens (including phenoxy) is 1. The molecule has 0 atom stereocenters. The van der Waals surface area contributed by atoms with Crippen molar-refractivity contribution in [2.75, 3.05) is 25.1 Å². The van der Waals surface area contributed by atoms with Crippen LogP contribution in [0, 0.1) is 0 Å². The molecule has 0 radical (unpaired) electrons. The lowest BCUT2D eigenvalue weighted by Gasteiger charge is -2.24. The summed E-state index contributed by atoms with van der Waals surface area (Å²) in [6.07, 6.45) is 0. The van der Waals surface area contributed by atoms with E-state index in [1.807, 2.05) is 18.4 Å². The molecule has 1 aliphatic heterocycles. The van der Waals surface area contributed by atoms with Gasteiger partial charge >= 0.3 is 0 Å². The Hall–Kier alpha value is -2.06. The normalized spacial score (nSPS) is 15.8. The van der Waals surface area contributed by atoms with Gasteiger partial charge in [0.2, 0.25) is 0 Å². The van der Waals surface area contributed by atoms with Gasteiger partial charge in [-0.1, -0.05) is 0 Å². The fourth-order valence-electron chi connectivity index (χ4n) is 2.11. The van der Waals surface area contributed by atoms with E-state index in [0.29, 0.717) is 5.82 Å². The van der Waals surface area contributed by atoms with Crippen molar-refractivity contribution in [2.45, 2.75) is 13.5 Å². The Morgan fingerprint density at radius 1 is 1.33 bits per heavy atom. The summed E-state index contributed by atoms with van der Waals surface area (Å²) in [6.45, 7) is 2.64. The second kappa shape index (κ2) is 5.74. The standard InChI is InChI=1S/C13H14N4O3S/c1-2-14-12-8-3-4-21-13(8)16-9(15-12)5-17-10(18)6-20-7-11(17)19/h3-4H,2,5-7H2,1H3,(H,14,15,16). The molecule has 0 unspecified atom stereocenters. The smallest absolute Gasteiger partial charge is 0.255 e. The third-order valence-electron chi connectivity index (χ3n) is 3.07. The quantitative estimate of drug-likeness (QED) is 0.849. The molecule has 0 bridgehead atoms. The number of carbonyl (C=O) groups is 2. The first kappa shape index (κ1) is 13.9. The molecule has 21 heavy (non-hydrogen) atoms. The minimum Gasteiger partial charge on any atom is -0.370 e. The number of hydrogen-bond donors (Lipinski definition) is 1. The Morgan fingerprint density at radius 3 is 2.81 bits per heavy atom. The number of carbonyl (C=O) groups excluding carboxylic acids is 2. The number of morpholine rings is 1. The van der Waals surface area contributed by atoms with Gasteiger partial charge in [0.15, 0.2) is 5.82 Å². The van der Waals surface area contributed by atoms with Crippen molar-refractivity contribution in [3.8, 4) is 0 Å². The van der Waals surface area contributed by atoms with Crippen LogP contribution in [0.3, 0.4) is 0 Å². The van der Waals surface area contributed by atoms with Gasteiger partial charge in [-0.25, -0.2) is 9.97 Å². The van der Waals surface area contributed by atoms with Crippen molar-refractivity contribution < 1.29 is 14.3 Å². The van der Waals surface area contributed by atoms with E-state index in [2.05, 4.69) is 15.3 Å². The Bertz CT molecular complexity index is 684. The molecule has 8 heteroatoms. The van der Waals surface area contributed by atoms with E-state index >= 15 is 0 Å². The number of thiophene rings is 1. The van der Waals surface area contributed by atoms with Crippen molar-refractivity contribution in [1.82, 2.24) is 14.9 Å². The molecule has 3 heterocycles. The van der Waals surface area contributed by atoms with Gasteiger partial charge in [-0.15, -0.1) is 11.3 Å². The third-order valence-corrected chi connectivity index (χ3v) is 3.87. The lowest BCUT2D eigenvalue weighted by Crippen LogP contribution is -2.45. The molecule has 2 amide bonds. The Labute approximate surface area is 124 Å². The summed E-state index contributed by atoms with van der Waals surface area (Å²) in [6, 6.07) is 1.95. The topological polar surface area (TPSA) is 84.4 Å². The molecule has 0 aliphatic carbocycles. The minimum atomic E-state index is -0.355. The van der Waals surface area contributed by atoms with Crippen molar-refractivity contribution in [3.63, 3.8) is 0 Å². The lowest BCUT2D eigenvalue weighted by atomic mass is 10.3. The molecule has 110 valence electrons. The number of fused-ring (bicyclic) bond motifs is 1. The third kappa shape index (κ3) is 2.72. The van der Waals surface area contributed by atoms with Crippen LogP contribution in [0.2, 0.25) is 0 Å². The molecule has 1 saturated heterocycles. The fourth-order valence-corrected chi connectivity index (χ4v) is 2.89. The summed E-state index contributed by atoms with van der Waals surface area (Å²) in [7, 11) is 0. The largest absolute Gasteiger partial charge is 0.370 e. The molecule has 1 aliphatic rings. The van der Waals surface area contributed by atoms with E-state index in [-0.39, 0.29) is 31.6 Å². The van der Waals surface area contributed by atoms with Crippen LogP contribution in [-0.2, 0) is 20.9 Å². The van der Waals surface area contributed by atoms with Crippen molar-refractivity contribution in [1.29, 1.82) is 0 Å². The highest BCUT2D eigenvalue weighted by molar-refractivity contribution is 7.16. The van der Waals surface area contributed by atoms with Crippen LogP contribution < -0.4 is 5.32 Å². The van der Waals surface area contributed by atoms with Crippen LogP contribution in [0.15, 0.2) is 11.4 Å². The zero-order valence-electron chi connectivity index (χ0n) is 11.5. The second-order valence-electron chi connectivity index (χ2n) is 4.52. The number of aromatic nitrogens is 2. The molecule has 1 fully saturated rings. The molecule has 2 aromatic rings. The van der Waals surface area contributed by atoms with E-state index < -0.39 is 0 Å². The van der Waals surface area contributed by atoms with Gasteiger partial charge in [0.1, 0.15) is 23.9 Å². The molecule has 1 N–H and O–H groups in total. The minimum absolute atomic E-state index is 0.0763. The highest BCUT2D eigenvalue weighted by Crippen LogP contribution is 2.25. The monoisotopic (exact) mass is 306 g/mol. The number of anilines is 1. The van der Waals surface area contributed by atoms with E-state index in [4.69, 9.17) is 4.74 Å². The number of imide groups is 1. The van der Waals surface area contributed by atoms with Crippen LogP contribution in [0.4, 0.5) is 5.82 Å². The zero-order chi connectivity index (χ0) is 14.8. The molecular weight excluding hydrogens is 292 g/mol. The fraction of sp³-hybridized carbons (Fsp3) is 0.385. The first-order valence-electron chi connectivity index (χ1n) is 6.58. The van der Waals surface area contributed by atoms with Gasteiger partial charge in [0.25, 0.3) is 11.8 Å². The molecule has 0 saturated carbocycles. The molecule has 2 aromatic heterocycles. The molecule has 0 aromatic carbocycles. The average molecular weight is 306 g/mol. The summed E-state index contributed by atoms with van der Waals surface area (Å²) in [5.74, 6) is 0.466. The van der Waals surface area contributed by atoms with Crippen LogP contribution in [0.25, 0.3) is 10.2 Å². The SMILES string of the molecule is CCNc1nc(CN2C(=O)COCC2=O)nc2sccc12. The maximum atomic E-state index is 11.7. The summed E-state index contributed by atoms with van der Waals surface area (Å²) in [5, 5.41) is 6.07. The van der Waals surface area contributed by atoms with Gasteiger partial charge in [0, 0.05) is 6.54 Å². The highest BCUT2D eigenvalue weighted by Gasteiger charge is 2.27. The zero-order valence-corrected chi connectivity index (χ0v) is 12.3. The Kier molecular flexibility index (Phi) is 3.80. The summed E-state index contributed by atoms with van der Waals surface area (Å²) < 4.78 is 4.89. The van der Waals surface area contributed by atoms with Crippen LogP contribution in [-0.4, -0.2) is 46.4 Å². The maximum Gasteiger partial charge on any atom is 0.255 e. The van der Waals surface area contributed by atoms with Crippen molar-refractivity contribution >= 4 is 39.2 Å². The molecule has 7 nitrogen and oxygen atoms in total. The number of amides is 2. The van der Waals surface area contributed by atoms with Crippen molar-refractivity contribution in [3.05, 3.63) is 17.3 Å². The van der Waals surface area contributed by atoms with E-state index in [1.165, 1.54) is 11.3 Å². The van der Waals surface area contributed by atoms with Crippen LogP contribution in [0.1, 0.15) is 12.7 Å².